The highest BCUT2D eigenvalue weighted by molar-refractivity contribution is 5.76. The van der Waals surface area contributed by atoms with Crippen molar-refractivity contribution in [3.05, 3.63) is 29.8 Å². The highest BCUT2D eigenvalue weighted by Crippen LogP contribution is 2.30. The van der Waals surface area contributed by atoms with Crippen molar-refractivity contribution in [1.82, 2.24) is 9.80 Å². The molecule has 2 saturated heterocycles. The van der Waals surface area contributed by atoms with Gasteiger partial charge in [-0.25, -0.2) is 0 Å². The molecule has 0 saturated carbocycles. The Morgan fingerprint density at radius 1 is 1.23 bits per heavy atom. The van der Waals surface area contributed by atoms with Crippen LogP contribution in [0.4, 0.5) is 0 Å². The van der Waals surface area contributed by atoms with Crippen LogP contribution in [-0.2, 0) is 4.79 Å². The van der Waals surface area contributed by atoms with Crippen molar-refractivity contribution >= 4 is 5.91 Å². The van der Waals surface area contributed by atoms with Crippen LogP contribution in [0.1, 0.15) is 37.2 Å². The van der Waals surface area contributed by atoms with E-state index in [0.717, 1.165) is 45.4 Å². The molecule has 1 unspecified atom stereocenters. The van der Waals surface area contributed by atoms with Gasteiger partial charge in [0.25, 0.3) is 0 Å². The molecule has 0 aliphatic carbocycles. The van der Waals surface area contributed by atoms with Crippen LogP contribution in [0.2, 0.25) is 0 Å². The topological polar surface area (TPSA) is 43.8 Å². The van der Waals surface area contributed by atoms with Gasteiger partial charge in [-0.3, -0.25) is 4.79 Å². The number of nitrogens with zero attached hydrogens (tertiary/aromatic N) is 2. The number of aromatic hydroxyl groups is 1. The number of carbonyl (C=O) groups is 1. The number of carbonyl (C=O) groups excluding carboxylic acids is 1. The van der Waals surface area contributed by atoms with E-state index >= 15 is 0 Å². The quantitative estimate of drug-likeness (QED) is 0.932. The third-order valence-corrected chi connectivity index (χ3v) is 5.17. The summed E-state index contributed by atoms with van der Waals surface area (Å²) < 4.78 is 0. The van der Waals surface area contributed by atoms with Crippen LogP contribution in [0.15, 0.2) is 24.3 Å². The number of rotatable bonds is 3. The van der Waals surface area contributed by atoms with Crippen molar-refractivity contribution in [3.63, 3.8) is 0 Å². The minimum atomic E-state index is 0.291. The standard InChI is InChI=1S/C18H26N2O2/c1-19-12-14(5-6-18(19)22)13-20-9-7-15(8-10-20)16-3-2-4-17(21)11-16/h2-4,11,14-15,21H,5-10,12-13H2,1H3. The van der Waals surface area contributed by atoms with Gasteiger partial charge in [0.05, 0.1) is 0 Å². The lowest BCUT2D eigenvalue weighted by molar-refractivity contribution is -0.133. The average molecular weight is 302 g/mol. The molecule has 0 radical (unpaired) electrons. The van der Waals surface area contributed by atoms with Crippen LogP contribution in [-0.4, -0.2) is 54.0 Å². The van der Waals surface area contributed by atoms with Gasteiger partial charge in [-0.1, -0.05) is 12.1 Å². The first kappa shape index (κ1) is 15.3. The molecule has 3 rings (SSSR count). The molecule has 1 atom stereocenters. The lowest BCUT2D eigenvalue weighted by atomic mass is 9.88. The van der Waals surface area contributed by atoms with Crippen LogP contribution in [0.5, 0.6) is 5.75 Å². The summed E-state index contributed by atoms with van der Waals surface area (Å²) in [5, 5.41) is 9.62. The summed E-state index contributed by atoms with van der Waals surface area (Å²) in [6.45, 7) is 4.26. The molecule has 2 aliphatic rings. The second-order valence-corrected chi connectivity index (χ2v) is 6.85. The van der Waals surface area contributed by atoms with Gasteiger partial charge >= 0.3 is 0 Å². The zero-order valence-electron chi connectivity index (χ0n) is 13.4. The highest BCUT2D eigenvalue weighted by atomic mass is 16.3. The van der Waals surface area contributed by atoms with E-state index in [-0.39, 0.29) is 0 Å². The van der Waals surface area contributed by atoms with E-state index in [9.17, 15) is 9.90 Å². The van der Waals surface area contributed by atoms with Gasteiger partial charge < -0.3 is 14.9 Å². The molecule has 4 nitrogen and oxygen atoms in total. The molecular weight excluding hydrogens is 276 g/mol. The van der Waals surface area contributed by atoms with E-state index in [2.05, 4.69) is 11.0 Å². The van der Waals surface area contributed by atoms with E-state index in [1.54, 1.807) is 6.07 Å². The Bertz CT molecular complexity index is 524. The van der Waals surface area contributed by atoms with Crippen LogP contribution in [0.25, 0.3) is 0 Å². The fourth-order valence-corrected chi connectivity index (χ4v) is 3.84. The Hall–Kier alpha value is -1.55. The smallest absolute Gasteiger partial charge is 0.222 e. The molecule has 2 fully saturated rings. The van der Waals surface area contributed by atoms with Gasteiger partial charge in [-0.05, 0) is 61.9 Å². The molecular formula is C18H26N2O2. The molecule has 120 valence electrons. The molecule has 1 aromatic carbocycles. The molecule has 22 heavy (non-hydrogen) atoms. The van der Waals surface area contributed by atoms with Gasteiger partial charge in [-0.15, -0.1) is 0 Å². The minimum absolute atomic E-state index is 0.291. The predicted molar refractivity (Wildman–Crippen MR) is 86.9 cm³/mol. The number of phenols is 1. The van der Waals surface area contributed by atoms with E-state index in [1.807, 2.05) is 24.1 Å². The third-order valence-electron chi connectivity index (χ3n) is 5.17. The van der Waals surface area contributed by atoms with Gasteiger partial charge in [0.1, 0.15) is 5.75 Å². The van der Waals surface area contributed by atoms with Crippen LogP contribution < -0.4 is 0 Å². The molecule has 0 bridgehead atoms. The Balaban J connectivity index is 1.49. The molecule has 1 amide bonds. The second kappa shape index (κ2) is 6.69. The summed E-state index contributed by atoms with van der Waals surface area (Å²) in [6, 6.07) is 7.70. The molecule has 1 aromatic rings. The Labute approximate surface area is 132 Å². The van der Waals surface area contributed by atoms with Crippen LogP contribution in [0, 0.1) is 5.92 Å². The van der Waals surface area contributed by atoms with Crippen molar-refractivity contribution in [2.75, 3.05) is 33.2 Å². The van der Waals surface area contributed by atoms with E-state index in [4.69, 9.17) is 0 Å². The SMILES string of the molecule is CN1CC(CN2CCC(c3cccc(O)c3)CC2)CCC1=O. The van der Waals surface area contributed by atoms with Gasteiger partial charge in [-0.2, -0.15) is 0 Å². The van der Waals surface area contributed by atoms with Gasteiger partial charge in [0, 0.05) is 26.6 Å². The monoisotopic (exact) mass is 302 g/mol. The zero-order valence-corrected chi connectivity index (χ0v) is 13.4. The Kier molecular flexibility index (Phi) is 4.67. The Morgan fingerprint density at radius 3 is 2.68 bits per heavy atom. The number of amides is 1. The van der Waals surface area contributed by atoms with E-state index in [0.29, 0.717) is 29.9 Å². The summed E-state index contributed by atoms with van der Waals surface area (Å²) in [6.07, 6.45) is 4.06. The molecule has 0 spiro atoms. The van der Waals surface area contributed by atoms with E-state index < -0.39 is 0 Å². The van der Waals surface area contributed by atoms with Crippen molar-refractivity contribution in [1.29, 1.82) is 0 Å². The summed E-state index contributed by atoms with van der Waals surface area (Å²) >= 11 is 0. The molecule has 1 N–H and O–H groups in total. The van der Waals surface area contributed by atoms with E-state index in [1.165, 1.54) is 5.56 Å². The maximum Gasteiger partial charge on any atom is 0.222 e. The highest BCUT2D eigenvalue weighted by Gasteiger charge is 2.27. The second-order valence-electron chi connectivity index (χ2n) is 6.85. The summed E-state index contributed by atoms with van der Waals surface area (Å²) in [5.41, 5.74) is 1.27. The number of benzene rings is 1. The van der Waals surface area contributed by atoms with Crippen molar-refractivity contribution in [3.8, 4) is 5.75 Å². The number of hydrogen-bond donors (Lipinski definition) is 1. The Morgan fingerprint density at radius 2 is 2.00 bits per heavy atom. The minimum Gasteiger partial charge on any atom is -0.508 e. The first-order chi connectivity index (χ1) is 10.6. The summed E-state index contributed by atoms with van der Waals surface area (Å²) in [7, 11) is 1.92. The molecule has 4 heteroatoms. The fraction of sp³-hybridized carbons (Fsp3) is 0.611. The van der Waals surface area contributed by atoms with Crippen molar-refractivity contribution in [2.45, 2.75) is 31.6 Å². The number of phenolic OH excluding ortho intramolecular Hbond substituents is 1. The number of hydrogen-bond acceptors (Lipinski definition) is 3. The van der Waals surface area contributed by atoms with Crippen LogP contribution in [0.3, 0.4) is 0 Å². The summed E-state index contributed by atoms with van der Waals surface area (Å²) in [4.78, 5) is 16.0. The molecule has 2 heterocycles. The lowest BCUT2D eigenvalue weighted by Gasteiger charge is -2.37. The third kappa shape index (κ3) is 3.61. The van der Waals surface area contributed by atoms with Crippen molar-refractivity contribution < 1.29 is 9.90 Å². The largest absolute Gasteiger partial charge is 0.508 e. The first-order valence-electron chi connectivity index (χ1n) is 8.37. The number of piperidine rings is 2. The first-order valence-corrected chi connectivity index (χ1v) is 8.37. The normalized spacial score (nSPS) is 24.7. The average Bonchev–Trinajstić information content (AvgIpc) is 2.52. The van der Waals surface area contributed by atoms with Crippen molar-refractivity contribution in [2.24, 2.45) is 5.92 Å². The zero-order chi connectivity index (χ0) is 15.5. The van der Waals surface area contributed by atoms with Gasteiger partial charge in [0.15, 0.2) is 0 Å². The van der Waals surface area contributed by atoms with Gasteiger partial charge in [0.2, 0.25) is 5.91 Å². The van der Waals surface area contributed by atoms with Crippen LogP contribution >= 0.6 is 0 Å². The lowest BCUT2D eigenvalue weighted by Crippen LogP contribution is -2.43. The molecule has 0 aromatic heterocycles. The summed E-state index contributed by atoms with van der Waals surface area (Å²) in [5.74, 6) is 1.85. The number of likely N-dealkylation sites (tertiary alicyclic amines) is 2. The predicted octanol–water partition coefficient (Wildman–Crippen LogP) is 2.44. The molecule has 2 aliphatic heterocycles. The maximum absolute atomic E-state index is 11.6. The maximum atomic E-state index is 11.6. The fourth-order valence-electron chi connectivity index (χ4n) is 3.84.